The van der Waals surface area contributed by atoms with Gasteiger partial charge in [0.25, 0.3) is 0 Å². The van der Waals surface area contributed by atoms with Crippen LogP contribution in [-0.4, -0.2) is 78.6 Å². The van der Waals surface area contributed by atoms with Crippen molar-refractivity contribution in [3.8, 4) is 0 Å². The van der Waals surface area contributed by atoms with Crippen LogP contribution in [0, 0.1) is 0 Å². The van der Waals surface area contributed by atoms with Gasteiger partial charge >= 0.3 is 0 Å². The van der Waals surface area contributed by atoms with E-state index in [0.29, 0.717) is 11.9 Å². The van der Waals surface area contributed by atoms with Crippen LogP contribution in [0.3, 0.4) is 0 Å². The average molecular weight is 343 g/mol. The number of likely N-dealkylation sites (N-methyl/N-ethyl adjacent to an activating group) is 1. The Hall–Kier alpha value is -1.43. The number of ether oxygens (including phenoxy) is 1. The van der Waals surface area contributed by atoms with Crippen LogP contribution in [0.2, 0.25) is 0 Å². The number of nitrogens with zero attached hydrogens (tertiary/aromatic N) is 3. The zero-order chi connectivity index (χ0) is 17.4. The molecule has 5 nitrogen and oxygen atoms in total. The number of hydrogen-bond acceptors (Lipinski definition) is 4. The third kappa shape index (κ3) is 2.98. The zero-order valence-electron chi connectivity index (χ0n) is 15.4. The standard InChI is InChI=1S/C20H29N3O2/c1-21(2)20(9-6-10-20)19(24)23-14-17-18(15-23)25-12-11-22(17)13-16-7-4-3-5-8-16/h3-5,7-8,17-18H,6,9-15H2,1-2H3/t17-,18-/m0/s1. The number of likely N-dealkylation sites (tertiary alicyclic amines) is 1. The second-order valence-corrected chi connectivity index (χ2v) is 7.92. The maximum Gasteiger partial charge on any atom is 0.243 e. The van der Waals surface area contributed by atoms with Crippen LogP contribution >= 0.6 is 0 Å². The Morgan fingerprint density at radius 1 is 1.24 bits per heavy atom. The van der Waals surface area contributed by atoms with Gasteiger partial charge in [0.15, 0.2) is 0 Å². The lowest BCUT2D eigenvalue weighted by Crippen LogP contribution is -2.61. The van der Waals surface area contributed by atoms with Gasteiger partial charge in [0.1, 0.15) is 5.54 Å². The fourth-order valence-electron chi connectivity index (χ4n) is 4.60. The van der Waals surface area contributed by atoms with Crippen molar-refractivity contribution in [3.05, 3.63) is 35.9 Å². The van der Waals surface area contributed by atoms with Gasteiger partial charge in [-0.3, -0.25) is 14.6 Å². The number of rotatable bonds is 4. The van der Waals surface area contributed by atoms with Crippen LogP contribution in [0.15, 0.2) is 30.3 Å². The van der Waals surface area contributed by atoms with E-state index in [9.17, 15) is 4.79 Å². The first-order chi connectivity index (χ1) is 12.1. The number of amides is 1. The molecule has 25 heavy (non-hydrogen) atoms. The minimum Gasteiger partial charge on any atom is -0.373 e. The van der Waals surface area contributed by atoms with E-state index in [2.05, 4.69) is 45.0 Å². The van der Waals surface area contributed by atoms with Crippen LogP contribution in [0.1, 0.15) is 24.8 Å². The summed E-state index contributed by atoms with van der Waals surface area (Å²) < 4.78 is 6.03. The van der Waals surface area contributed by atoms with Gasteiger partial charge in [-0.1, -0.05) is 30.3 Å². The van der Waals surface area contributed by atoms with E-state index in [1.807, 2.05) is 14.1 Å². The second kappa shape index (κ2) is 6.71. The Labute approximate surface area is 150 Å². The third-order valence-electron chi connectivity index (χ3n) is 6.37. The molecule has 0 spiro atoms. The largest absolute Gasteiger partial charge is 0.373 e. The lowest BCUT2D eigenvalue weighted by Gasteiger charge is -2.47. The van der Waals surface area contributed by atoms with Crippen LogP contribution < -0.4 is 0 Å². The molecule has 1 aromatic carbocycles. The second-order valence-electron chi connectivity index (χ2n) is 7.92. The van der Waals surface area contributed by atoms with Gasteiger partial charge < -0.3 is 9.64 Å². The molecule has 0 unspecified atom stereocenters. The molecule has 2 atom stereocenters. The van der Waals surface area contributed by atoms with Crippen LogP contribution in [0.4, 0.5) is 0 Å². The van der Waals surface area contributed by atoms with Gasteiger partial charge in [0.05, 0.1) is 18.8 Å². The number of carbonyl (C=O) groups is 1. The maximum atomic E-state index is 13.2. The first-order valence-corrected chi connectivity index (χ1v) is 9.46. The van der Waals surface area contributed by atoms with E-state index in [0.717, 1.165) is 52.0 Å². The highest BCUT2D eigenvalue weighted by atomic mass is 16.5. The van der Waals surface area contributed by atoms with Crippen LogP contribution in [0.25, 0.3) is 0 Å². The first-order valence-electron chi connectivity index (χ1n) is 9.46. The Bertz CT molecular complexity index is 615. The van der Waals surface area contributed by atoms with Crippen molar-refractivity contribution in [2.75, 3.05) is 40.3 Å². The smallest absolute Gasteiger partial charge is 0.243 e. The predicted molar refractivity (Wildman–Crippen MR) is 97.2 cm³/mol. The Balaban J connectivity index is 1.46. The topological polar surface area (TPSA) is 36.0 Å². The van der Waals surface area contributed by atoms with Crippen molar-refractivity contribution in [3.63, 3.8) is 0 Å². The third-order valence-corrected chi connectivity index (χ3v) is 6.37. The van der Waals surface area contributed by atoms with E-state index >= 15 is 0 Å². The van der Waals surface area contributed by atoms with Crippen LogP contribution in [0.5, 0.6) is 0 Å². The van der Waals surface area contributed by atoms with E-state index in [1.165, 1.54) is 5.56 Å². The molecule has 4 rings (SSSR count). The number of morpholine rings is 1. The van der Waals surface area contributed by atoms with E-state index in [1.54, 1.807) is 0 Å². The Morgan fingerprint density at radius 3 is 2.64 bits per heavy atom. The van der Waals surface area contributed by atoms with Crippen molar-refractivity contribution >= 4 is 5.91 Å². The predicted octanol–water partition coefficient (Wildman–Crippen LogP) is 1.58. The van der Waals surface area contributed by atoms with Crippen molar-refractivity contribution in [1.82, 2.24) is 14.7 Å². The maximum absolute atomic E-state index is 13.2. The number of fused-ring (bicyclic) bond motifs is 1. The molecular weight excluding hydrogens is 314 g/mol. The molecule has 136 valence electrons. The minimum absolute atomic E-state index is 0.153. The molecular formula is C20H29N3O2. The summed E-state index contributed by atoms with van der Waals surface area (Å²) in [4.78, 5) is 19.9. The van der Waals surface area contributed by atoms with Crippen molar-refractivity contribution < 1.29 is 9.53 Å². The summed E-state index contributed by atoms with van der Waals surface area (Å²) >= 11 is 0. The van der Waals surface area contributed by atoms with E-state index in [-0.39, 0.29) is 11.6 Å². The zero-order valence-corrected chi connectivity index (χ0v) is 15.4. The molecule has 1 aromatic rings. The van der Waals surface area contributed by atoms with Crippen molar-refractivity contribution in [1.29, 1.82) is 0 Å². The molecule has 2 aliphatic heterocycles. The van der Waals surface area contributed by atoms with Gasteiger partial charge in [-0.15, -0.1) is 0 Å². The molecule has 3 aliphatic rings. The molecule has 0 aromatic heterocycles. The normalized spacial score (nSPS) is 28.7. The highest BCUT2D eigenvalue weighted by Crippen LogP contribution is 2.39. The van der Waals surface area contributed by atoms with E-state index in [4.69, 9.17) is 4.74 Å². The molecule has 0 bridgehead atoms. The average Bonchev–Trinajstić information content (AvgIpc) is 2.99. The fraction of sp³-hybridized carbons (Fsp3) is 0.650. The first kappa shape index (κ1) is 17.0. The number of hydrogen-bond donors (Lipinski definition) is 0. The van der Waals surface area contributed by atoms with Crippen molar-refractivity contribution in [2.24, 2.45) is 0 Å². The molecule has 0 radical (unpaired) electrons. The summed E-state index contributed by atoms with van der Waals surface area (Å²) in [5, 5.41) is 0. The minimum atomic E-state index is -0.266. The van der Waals surface area contributed by atoms with Gasteiger partial charge in [-0.25, -0.2) is 0 Å². The summed E-state index contributed by atoms with van der Waals surface area (Å²) in [6, 6.07) is 10.9. The Morgan fingerprint density at radius 2 is 2.00 bits per heavy atom. The highest BCUT2D eigenvalue weighted by molar-refractivity contribution is 5.87. The Kier molecular flexibility index (Phi) is 4.56. The molecule has 3 fully saturated rings. The summed E-state index contributed by atoms with van der Waals surface area (Å²) in [7, 11) is 4.08. The molecule has 1 aliphatic carbocycles. The van der Waals surface area contributed by atoms with Gasteiger partial charge in [-0.2, -0.15) is 0 Å². The lowest BCUT2D eigenvalue weighted by molar-refractivity contribution is -0.148. The lowest BCUT2D eigenvalue weighted by atomic mass is 9.74. The van der Waals surface area contributed by atoms with Crippen molar-refractivity contribution in [2.45, 2.75) is 43.5 Å². The molecule has 0 N–H and O–H groups in total. The van der Waals surface area contributed by atoms with Gasteiger partial charge in [0, 0.05) is 26.2 Å². The summed E-state index contributed by atoms with van der Waals surface area (Å²) in [6.07, 6.45) is 3.28. The fourth-order valence-corrected chi connectivity index (χ4v) is 4.60. The summed E-state index contributed by atoms with van der Waals surface area (Å²) in [5.74, 6) is 0.307. The summed E-state index contributed by atoms with van der Waals surface area (Å²) in [5.41, 5.74) is 1.06. The quantitative estimate of drug-likeness (QED) is 0.832. The van der Waals surface area contributed by atoms with E-state index < -0.39 is 0 Å². The number of benzene rings is 1. The molecule has 2 saturated heterocycles. The van der Waals surface area contributed by atoms with Gasteiger partial charge in [-0.05, 0) is 38.9 Å². The number of carbonyl (C=O) groups excluding carboxylic acids is 1. The van der Waals surface area contributed by atoms with Gasteiger partial charge in [0.2, 0.25) is 5.91 Å². The molecule has 1 saturated carbocycles. The highest BCUT2D eigenvalue weighted by Gasteiger charge is 2.51. The molecule has 2 heterocycles. The monoisotopic (exact) mass is 343 g/mol. The molecule has 5 heteroatoms. The SMILES string of the molecule is CN(C)C1(C(=O)N2C[C@@H]3OCCN(Cc4ccccc4)[C@H]3C2)CCC1. The van der Waals surface area contributed by atoms with Crippen LogP contribution in [-0.2, 0) is 16.1 Å². The summed E-state index contributed by atoms with van der Waals surface area (Å²) in [6.45, 7) is 4.17. The molecule has 1 amide bonds.